The first-order chi connectivity index (χ1) is 10.5. The highest BCUT2D eigenvalue weighted by molar-refractivity contribution is 6.58. The first-order valence-electron chi connectivity index (χ1n) is 7.74. The fraction of sp³-hybridized carbons (Fsp3) is 0.333. The lowest BCUT2D eigenvalue weighted by Crippen LogP contribution is -2.29. The van der Waals surface area contributed by atoms with Crippen molar-refractivity contribution < 1.29 is 14.8 Å². The number of aryl methyl sites for hydroxylation is 2. The van der Waals surface area contributed by atoms with Crippen LogP contribution >= 0.6 is 0 Å². The van der Waals surface area contributed by atoms with Crippen molar-refractivity contribution in [2.45, 2.75) is 33.6 Å². The lowest BCUT2D eigenvalue weighted by molar-refractivity contribution is 0.310. The third-order valence-corrected chi connectivity index (χ3v) is 3.81. The molecule has 22 heavy (non-hydrogen) atoms. The van der Waals surface area contributed by atoms with Crippen LogP contribution in [-0.4, -0.2) is 23.8 Å². The maximum Gasteiger partial charge on any atom is 0.488 e. The summed E-state index contributed by atoms with van der Waals surface area (Å²) in [4.78, 5) is 0. The van der Waals surface area contributed by atoms with Crippen molar-refractivity contribution >= 4 is 12.6 Å². The van der Waals surface area contributed by atoms with Gasteiger partial charge in [0.2, 0.25) is 0 Å². The van der Waals surface area contributed by atoms with Gasteiger partial charge in [0.05, 0.1) is 6.61 Å². The van der Waals surface area contributed by atoms with Gasteiger partial charge in [-0.15, -0.1) is 0 Å². The Morgan fingerprint density at radius 1 is 1.05 bits per heavy atom. The molecule has 2 N–H and O–H groups in total. The van der Waals surface area contributed by atoms with E-state index in [4.69, 9.17) is 4.74 Å². The van der Waals surface area contributed by atoms with E-state index in [1.54, 1.807) is 12.1 Å². The van der Waals surface area contributed by atoms with Crippen LogP contribution in [0.15, 0.2) is 36.4 Å². The van der Waals surface area contributed by atoms with Crippen molar-refractivity contribution in [3.05, 3.63) is 47.5 Å². The normalized spacial score (nSPS) is 10.6. The Hall–Kier alpha value is -1.78. The molecule has 0 saturated heterocycles. The fourth-order valence-corrected chi connectivity index (χ4v) is 2.60. The molecule has 0 aliphatic heterocycles. The molecular weight excluding hydrogens is 275 g/mol. The summed E-state index contributed by atoms with van der Waals surface area (Å²) in [5.74, 6) is 0.787. The molecule has 116 valence electrons. The van der Waals surface area contributed by atoms with Gasteiger partial charge in [-0.3, -0.25) is 0 Å². The van der Waals surface area contributed by atoms with Crippen LogP contribution in [-0.2, 0) is 0 Å². The molecule has 0 saturated carbocycles. The Morgan fingerprint density at radius 2 is 1.73 bits per heavy atom. The smallest absolute Gasteiger partial charge is 0.488 e. The molecule has 2 aromatic rings. The summed E-state index contributed by atoms with van der Waals surface area (Å²) in [5, 5.41) is 18.9. The predicted molar refractivity (Wildman–Crippen MR) is 91.6 cm³/mol. The van der Waals surface area contributed by atoms with Gasteiger partial charge in [0.1, 0.15) is 5.75 Å². The van der Waals surface area contributed by atoms with Crippen molar-refractivity contribution in [3.63, 3.8) is 0 Å². The molecule has 2 aromatic carbocycles. The van der Waals surface area contributed by atoms with Gasteiger partial charge in [-0.2, -0.15) is 0 Å². The summed E-state index contributed by atoms with van der Waals surface area (Å²) in [6.07, 6.45) is 2.07. The zero-order chi connectivity index (χ0) is 16.1. The summed E-state index contributed by atoms with van der Waals surface area (Å²) in [7, 11) is -1.48. The van der Waals surface area contributed by atoms with Crippen LogP contribution in [0.5, 0.6) is 5.75 Å². The van der Waals surface area contributed by atoms with E-state index < -0.39 is 7.12 Å². The van der Waals surface area contributed by atoms with E-state index in [1.165, 1.54) is 0 Å². The third kappa shape index (κ3) is 3.70. The van der Waals surface area contributed by atoms with Crippen molar-refractivity contribution in [1.82, 2.24) is 0 Å². The van der Waals surface area contributed by atoms with Crippen molar-refractivity contribution in [3.8, 4) is 16.9 Å². The highest BCUT2D eigenvalue weighted by Crippen LogP contribution is 2.34. The van der Waals surface area contributed by atoms with Gasteiger partial charge in [-0.1, -0.05) is 43.7 Å². The maximum atomic E-state index is 9.45. The molecule has 0 aliphatic carbocycles. The van der Waals surface area contributed by atoms with E-state index in [0.29, 0.717) is 12.1 Å². The van der Waals surface area contributed by atoms with Gasteiger partial charge in [-0.05, 0) is 48.5 Å². The zero-order valence-corrected chi connectivity index (χ0v) is 13.5. The van der Waals surface area contributed by atoms with E-state index in [2.05, 4.69) is 32.9 Å². The van der Waals surface area contributed by atoms with Crippen LogP contribution in [0, 0.1) is 13.8 Å². The lowest BCUT2D eigenvalue weighted by Gasteiger charge is -2.17. The molecule has 0 atom stereocenters. The van der Waals surface area contributed by atoms with Crippen molar-refractivity contribution in [1.29, 1.82) is 0 Å². The first kappa shape index (κ1) is 16.6. The largest absolute Gasteiger partial charge is 0.493 e. The number of rotatable bonds is 6. The van der Waals surface area contributed by atoms with Crippen LogP contribution in [0.4, 0.5) is 0 Å². The highest BCUT2D eigenvalue weighted by Gasteiger charge is 2.17. The van der Waals surface area contributed by atoms with E-state index >= 15 is 0 Å². The monoisotopic (exact) mass is 298 g/mol. The second kappa shape index (κ2) is 7.48. The molecule has 0 bridgehead atoms. The average molecular weight is 298 g/mol. The zero-order valence-electron chi connectivity index (χ0n) is 13.5. The summed E-state index contributed by atoms with van der Waals surface area (Å²) in [6, 6.07) is 11.5. The number of hydrogen-bond acceptors (Lipinski definition) is 3. The van der Waals surface area contributed by atoms with E-state index in [1.807, 2.05) is 12.1 Å². The minimum absolute atomic E-state index is 0.473. The summed E-state index contributed by atoms with van der Waals surface area (Å²) < 4.78 is 5.91. The Bertz CT molecular complexity index is 618. The average Bonchev–Trinajstić information content (AvgIpc) is 2.48. The second-order valence-electron chi connectivity index (χ2n) is 5.60. The standard InChI is InChI=1S/C18H23BO3/c1-4-5-11-22-17-10-9-15(19(20)21)12-16(17)18-13(2)7-6-8-14(18)3/h6-10,12,20-21H,4-5,11H2,1-3H3. The summed E-state index contributed by atoms with van der Waals surface area (Å²) >= 11 is 0. The molecule has 0 amide bonds. The van der Waals surface area contributed by atoms with Crippen molar-refractivity contribution in [2.75, 3.05) is 6.61 Å². The van der Waals surface area contributed by atoms with Crippen LogP contribution in [0.1, 0.15) is 30.9 Å². The van der Waals surface area contributed by atoms with Gasteiger partial charge in [0.15, 0.2) is 0 Å². The van der Waals surface area contributed by atoms with Gasteiger partial charge in [0, 0.05) is 5.56 Å². The number of hydrogen-bond donors (Lipinski definition) is 2. The molecular formula is C18H23BO3. The van der Waals surface area contributed by atoms with Crippen LogP contribution in [0.2, 0.25) is 0 Å². The van der Waals surface area contributed by atoms with E-state index in [9.17, 15) is 10.0 Å². The van der Waals surface area contributed by atoms with Crippen molar-refractivity contribution in [2.24, 2.45) is 0 Å². The Balaban J connectivity index is 2.51. The van der Waals surface area contributed by atoms with Gasteiger partial charge in [-0.25, -0.2) is 0 Å². The van der Waals surface area contributed by atoms with E-state index in [0.717, 1.165) is 40.8 Å². The Morgan fingerprint density at radius 3 is 2.32 bits per heavy atom. The molecule has 0 unspecified atom stereocenters. The number of benzene rings is 2. The minimum Gasteiger partial charge on any atom is -0.493 e. The molecule has 0 radical (unpaired) electrons. The molecule has 0 aromatic heterocycles. The third-order valence-electron chi connectivity index (χ3n) is 3.81. The summed E-state index contributed by atoms with van der Waals surface area (Å²) in [5.41, 5.74) is 4.77. The van der Waals surface area contributed by atoms with Gasteiger partial charge >= 0.3 is 7.12 Å². The number of ether oxygens (including phenoxy) is 1. The highest BCUT2D eigenvalue weighted by atomic mass is 16.5. The molecule has 0 spiro atoms. The van der Waals surface area contributed by atoms with Gasteiger partial charge in [0.25, 0.3) is 0 Å². The maximum absolute atomic E-state index is 9.45. The molecule has 0 heterocycles. The van der Waals surface area contributed by atoms with Crippen LogP contribution in [0.3, 0.4) is 0 Å². The second-order valence-corrected chi connectivity index (χ2v) is 5.60. The first-order valence-corrected chi connectivity index (χ1v) is 7.74. The SMILES string of the molecule is CCCCOc1ccc(B(O)O)cc1-c1c(C)cccc1C. The van der Waals surface area contributed by atoms with Crippen LogP contribution < -0.4 is 10.2 Å². The fourth-order valence-electron chi connectivity index (χ4n) is 2.60. The Labute approximate surface area is 132 Å². The molecule has 0 fully saturated rings. The number of unbranched alkanes of at least 4 members (excludes halogenated alkanes) is 1. The topological polar surface area (TPSA) is 49.7 Å². The quantitative estimate of drug-likeness (QED) is 0.637. The molecule has 4 heteroatoms. The molecule has 0 aliphatic rings. The van der Waals surface area contributed by atoms with Crippen LogP contribution in [0.25, 0.3) is 11.1 Å². The molecule has 2 rings (SSSR count). The van der Waals surface area contributed by atoms with E-state index in [-0.39, 0.29) is 0 Å². The Kier molecular flexibility index (Phi) is 5.64. The van der Waals surface area contributed by atoms with Gasteiger partial charge < -0.3 is 14.8 Å². The molecule has 3 nitrogen and oxygen atoms in total. The lowest BCUT2D eigenvalue weighted by atomic mass is 9.78. The summed E-state index contributed by atoms with van der Waals surface area (Å²) in [6.45, 7) is 6.90. The predicted octanol–water partition coefficient (Wildman–Crippen LogP) is 2.83. The minimum atomic E-state index is -1.48.